The van der Waals surface area contributed by atoms with Crippen LogP contribution in [0.3, 0.4) is 0 Å². The summed E-state index contributed by atoms with van der Waals surface area (Å²) in [6.07, 6.45) is -5.35. The van der Waals surface area contributed by atoms with Gasteiger partial charge >= 0.3 is 0 Å². The standard InChI is InChI=1S/C7H15NO5/c1-12-7-6(11)5(10)4(9)3(2-8)13-7/h3-7,9-11H,2,8H2,1H3/t3?,4-,5+,6+,7-/m1/s1. The molecular formula is C7H15NO5. The van der Waals surface area contributed by atoms with Gasteiger partial charge in [-0.1, -0.05) is 0 Å². The summed E-state index contributed by atoms with van der Waals surface area (Å²) in [5, 5.41) is 28.0. The molecule has 1 fully saturated rings. The van der Waals surface area contributed by atoms with Crippen LogP contribution in [0.2, 0.25) is 0 Å². The smallest absolute Gasteiger partial charge is 0.186 e. The Bertz CT molecular complexity index is 147. The highest BCUT2D eigenvalue weighted by Crippen LogP contribution is 2.20. The average molecular weight is 193 g/mol. The van der Waals surface area contributed by atoms with Crippen molar-refractivity contribution in [2.24, 2.45) is 5.73 Å². The molecule has 13 heavy (non-hydrogen) atoms. The third kappa shape index (κ3) is 1.98. The van der Waals surface area contributed by atoms with E-state index in [-0.39, 0.29) is 6.54 Å². The van der Waals surface area contributed by atoms with Crippen molar-refractivity contribution < 1.29 is 24.8 Å². The number of aliphatic hydroxyl groups excluding tert-OH is 3. The van der Waals surface area contributed by atoms with Crippen LogP contribution in [0.5, 0.6) is 0 Å². The van der Waals surface area contributed by atoms with Crippen molar-refractivity contribution in [3.63, 3.8) is 0 Å². The van der Waals surface area contributed by atoms with E-state index in [9.17, 15) is 15.3 Å². The molecule has 1 aliphatic heterocycles. The molecule has 5 atom stereocenters. The van der Waals surface area contributed by atoms with E-state index in [2.05, 4.69) is 0 Å². The molecule has 1 unspecified atom stereocenters. The quantitative estimate of drug-likeness (QED) is 0.383. The lowest BCUT2D eigenvalue weighted by Crippen LogP contribution is -2.59. The fourth-order valence-electron chi connectivity index (χ4n) is 1.31. The van der Waals surface area contributed by atoms with Gasteiger partial charge in [0.15, 0.2) is 6.29 Å². The molecule has 6 nitrogen and oxygen atoms in total. The van der Waals surface area contributed by atoms with Crippen molar-refractivity contribution in [3.05, 3.63) is 0 Å². The minimum atomic E-state index is -1.28. The van der Waals surface area contributed by atoms with E-state index in [0.717, 1.165) is 0 Å². The number of hydrogen-bond acceptors (Lipinski definition) is 6. The molecule has 0 saturated carbocycles. The van der Waals surface area contributed by atoms with Gasteiger partial charge in [-0.05, 0) is 0 Å². The third-order valence-electron chi connectivity index (χ3n) is 2.13. The van der Waals surface area contributed by atoms with Gasteiger partial charge in [-0.15, -0.1) is 0 Å². The molecule has 0 bridgehead atoms. The SMILES string of the molecule is CO[C@@H]1OC(CN)[C@@H](O)[C@H](O)[C@@H]1O. The van der Waals surface area contributed by atoms with Crippen LogP contribution in [-0.4, -0.2) is 59.7 Å². The molecule has 5 N–H and O–H groups in total. The molecule has 1 aliphatic rings. The summed E-state index contributed by atoms with van der Waals surface area (Å²) in [5.74, 6) is 0. The van der Waals surface area contributed by atoms with Gasteiger partial charge in [-0.25, -0.2) is 0 Å². The first-order valence-corrected chi connectivity index (χ1v) is 4.04. The predicted molar refractivity (Wildman–Crippen MR) is 42.7 cm³/mol. The summed E-state index contributed by atoms with van der Waals surface area (Å²) in [4.78, 5) is 0. The second-order valence-electron chi connectivity index (χ2n) is 2.99. The molecule has 0 radical (unpaired) electrons. The van der Waals surface area contributed by atoms with Crippen LogP contribution >= 0.6 is 0 Å². The number of ether oxygens (including phenoxy) is 2. The lowest BCUT2D eigenvalue weighted by molar-refractivity contribution is -0.287. The Morgan fingerprint density at radius 3 is 2.31 bits per heavy atom. The maximum atomic E-state index is 9.35. The van der Waals surface area contributed by atoms with E-state index in [0.29, 0.717) is 0 Å². The number of aliphatic hydroxyl groups is 3. The zero-order valence-electron chi connectivity index (χ0n) is 7.33. The maximum absolute atomic E-state index is 9.35. The van der Waals surface area contributed by atoms with Crippen molar-refractivity contribution in [3.8, 4) is 0 Å². The van der Waals surface area contributed by atoms with Gasteiger partial charge in [-0.3, -0.25) is 0 Å². The molecule has 0 aromatic rings. The van der Waals surface area contributed by atoms with Crippen molar-refractivity contribution >= 4 is 0 Å². The van der Waals surface area contributed by atoms with E-state index < -0.39 is 30.7 Å². The van der Waals surface area contributed by atoms with Crippen LogP contribution in [0.25, 0.3) is 0 Å². The molecule has 1 heterocycles. The summed E-state index contributed by atoms with van der Waals surface area (Å²) < 4.78 is 9.83. The highest BCUT2D eigenvalue weighted by atomic mass is 16.7. The van der Waals surface area contributed by atoms with Crippen molar-refractivity contribution in [1.82, 2.24) is 0 Å². The fraction of sp³-hybridized carbons (Fsp3) is 1.00. The fourth-order valence-corrected chi connectivity index (χ4v) is 1.31. The molecule has 0 aromatic heterocycles. The Balaban J connectivity index is 2.66. The number of methoxy groups -OCH3 is 1. The molecule has 0 amide bonds. The second kappa shape index (κ2) is 4.32. The Labute approximate surface area is 75.9 Å². The molecule has 1 saturated heterocycles. The van der Waals surface area contributed by atoms with Crippen LogP contribution in [0.1, 0.15) is 0 Å². The topological polar surface area (TPSA) is 105 Å². The van der Waals surface area contributed by atoms with Gasteiger partial charge in [0.25, 0.3) is 0 Å². The first-order valence-electron chi connectivity index (χ1n) is 4.04. The van der Waals surface area contributed by atoms with Gasteiger partial charge in [0, 0.05) is 13.7 Å². The summed E-state index contributed by atoms with van der Waals surface area (Å²) >= 11 is 0. The molecule has 0 aliphatic carbocycles. The van der Waals surface area contributed by atoms with Crippen LogP contribution < -0.4 is 5.73 Å². The lowest BCUT2D eigenvalue weighted by Gasteiger charge is -2.39. The maximum Gasteiger partial charge on any atom is 0.186 e. The van der Waals surface area contributed by atoms with Gasteiger partial charge < -0.3 is 30.5 Å². The van der Waals surface area contributed by atoms with Crippen molar-refractivity contribution in [1.29, 1.82) is 0 Å². The zero-order chi connectivity index (χ0) is 10.0. The Morgan fingerprint density at radius 2 is 1.85 bits per heavy atom. The van der Waals surface area contributed by atoms with Gasteiger partial charge in [0.05, 0.1) is 0 Å². The van der Waals surface area contributed by atoms with E-state index in [4.69, 9.17) is 15.2 Å². The first-order chi connectivity index (χ1) is 6.11. The zero-order valence-corrected chi connectivity index (χ0v) is 7.33. The highest BCUT2D eigenvalue weighted by molar-refractivity contribution is 4.89. The molecule has 0 spiro atoms. The van der Waals surface area contributed by atoms with Gasteiger partial charge in [0.2, 0.25) is 0 Å². The van der Waals surface area contributed by atoms with E-state index in [1.54, 1.807) is 0 Å². The van der Waals surface area contributed by atoms with Crippen LogP contribution in [-0.2, 0) is 9.47 Å². The van der Waals surface area contributed by atoms with E-state index in [1.807, 2.05) is 0 Å². The Hall–Kier alpha value is -0.240. The number of nitrogens with two attached hydrogens (primary N) is 1. The average Bonchev–Trinajstić information content (AvgIpc) is 2.15. The summed E-state index contributed by atoms with van der Waals surface area (Å²) in [6.45, 7) is 0.0603. The number of rotatable bonds is 2. The number of hydrogen-bond donors (Lipinski definition) is 4. The monoisotopic (exact) mass is 193 g/mol. The summed E-state index contributed by atoms with van der Waals surface area (Å²) in [5.41, 5.74) is 5.28. The molecule has 0 aromatic carbocycles. The van der Waals surface area contributed by atoms with E-state index >= 15 is 0 Å². The summed E-state index contributed by atoms with van der Waals surface area (Å²) in [6, 6.07) is 0. The van der Waals surface area contributed by atoms with Crippen LogP contribution in [0, 0.1) is 0 Å². The normalized spacial score (nSPS) is 46.4. The minimum absolute atomic E-state index is 0.0603. The van der Waals surface area contributed by atoms with Crippen LogP contribution in [0.15, 0.2) is 0 Å². The summed E-state index contributed by atoms with van der Waals surface area (Å²) in [7, 11) is 1.34. The molecule has 78 valence electrons. The largest absolute Gasteiger partial charge is 0.388 e. The molecular weight excluding hydrogens is 178 g/mol. The third-order valence-corrected chi connectivity index (χ3v) is 2.13. The predicted octanol–water partition coefficient (Wildman–Crippen LogP) is -2.60. The molecule has 1 rings (SSSR count). The van der Waals surface area contributed by atoms with Crippen LogP contribution in [0.4, 0.5) is 0 Å². The first kappa shape index (κ1) is 10.8. The minimum Gasteiger partial charge on any atom is -0.388 e. The van der Waals surface area contributed by atoms with Gasteiger partial charge in [0.1, 0.15) is 24.4 Å². The van der Waals surface area contributed by atoms with Crippen molar-refractivity contribution in [2.75, 3.05) is 13.7 Å². The van der Waals surface area contributed by atoms with E-state index in [1.165, 1.54) is 7.11 Å². The van der Waals surface area contributed by atoms with Gasteiger partial charge in [-0.2, -0.15) is 0 Å². The molecule has 6 heteroatoms. The Morgan fingerprint density at radius 1 is 1.23 bits per heavy atom. The lowest BCUT2D eigenvalue weighted by atomic mass is 9.99. The highest BCUT2D eigenvalue weighted by Gasteiger charge is 2.43. The second-order valence-corrected chi connectivity index (χ2v) is 2.99. The Kier molecular flexibility index (Phi) is 3.60. The van der Waals surface area contributed by atoms with Crippen molar-refractivity contribution in [2.45, 2.75) is 30.7 Å².